The highest BCUT2D eigenvalue weighted by Crippen LogP contribution is 2.43. The minimum atomic E-state index is -3.17. The quantitative estimate of drug-likeness (QED) is 0.724. The van der Waals surface area contributed by atoms with Gasteiger partial charge in [-0.05, 0) is 37.1 Å². The van der Waals surface area contributed by atoms with Crippen LogP contribution >= 0.6 is 0 Å². The van der Waals surface area contributed by atoms with Crippen LogP contribution in [0.1, 0.15) is 34.9 Å². The van der Waals surface area contributed by atoms with Crippen molar-refractivity contribution in [3.63, 3.8) is 0 Å². The number of hydrogen-bond donors (Lipinski definition) is 1. The minimum Gasteiger partial charge on any atom is -0.435 e. The van der Waals surface area contributed by atoms with E-state index in [1.807, 2.05) is 0 Å². The summed E-state index contributed by atoms with van der Waals surface area (Å²) in [5.41, 5.74) is 1.28. The Kier molecular flexibility index (Phi) is 4.74. The molecule has 0 bridgehead atoms. The number of para-hydroxylation sites is 1. The van der Waals surface area contributed by atoms with E-state index in [0.29, 0.717) is 11.3 Å². The van der Waals surface area contributed by atoms with Gasteiger partial charge in [0.2, 0.25) is 0 Å². The first-order valence-electron chi connectivity index (χ1n) is 8.66. The zero-order valence-corrected chi connectivity index (χ0v) is 14.4. The summed E-state index contributed by atoms with van der Waals surface area (Å²) in [6.07, 6.45) is 0.817. The van der Waals surface area contributed by atoms with Crippen LogP contribution in [-0.2, 0) is 0 Å². The van der Waals surface area contributed by atoms with Crippen LogP contribution in [0.5, 0.6) is 11.5 Å². The molecule has 1 amide bonds. The molecule has 9 heteroatoms. The smallest absolute Gasteiger partial charge is 0.387 e. The Hall–Kier alpha value is -2.97. The highest BCUT2D eigenvalue weighted by atomic mass is 19.3. The number of ether oxygens (including phenoxy) is 2. The molecule has 1 heterocycles. The van der Waals surface area contributed by atoms with Gasteiger partial charge < -0.3 is 19.7 Å². The second-order valence-electron chi connectivity index (χ2n) is 6.49. The van der Waals surface area contributed by atoms with Crippen LogP contribution in [0.4, 0.5) is 23.2 Å². The zero-order valence-electron chi connectivity index (χ0n) is 14.4. The maximum Gasteiger partial charge on any atom is 0.387 e. The number of benzene rings is 2. The van der Waals surface area contributed by atoms with E-state index in [1.54, 1.807) is 29.2 Å². The summed E-state index contributed by atoms with van der Waals surface area (Å²) < 4.78 is 59.7. The normalized spacial score (nSPS) is 18.9. The molecule has 5 nitrogen and oxygen atoms in total. The molecule has 1 fully saturated rings. The standard InChI is InChI=1S/C19H16F4N2O3/c20-18(21)27-11-7-8-13(15(9-11)28-19(22)23)16-24-14-4-2-1-3-12(14)17(26)25(16)10-5-6-10/h1-4,7-10,16,18-19,24H,5-6H2/t16-/m0/s1. The van der Waals surface area contributed by atoms with Gasteiger partial charge in [0.15, 0.2) is 0 Å². The van der Waals surface area contributed by atoms with Crippen LogP contribution in [0, 0.1) is 0 Å². The molecular weight excluding hydrogens is 380 g/mol. The van der Waals surface area contributed by atoms with Gasteiger partial charge in [0.1, 0.15) is 17.7 Å². The van der Waals surface area contributed by atoms with Gasteiger partial charge in [-0.2, -0.15) is 17.6 Å². The van der Waals surface area contributed by atoms with Crippen molar-refractivity contribution in [3.05, 3.63) is 53.6 Å². The number of alkyl halides is 4. The number of fused-ring (bicyclic) bond motifs is 1. The molecule has 1 atom stereocenters. The van der Waals surface area contributed by atoms with Crippen molar-refractivity contribution in [3.8, 4) is 11.5 Å². The number of nitrogens with zero attached hydrogens (tertiary/aromatic N) is 1. The highest BCUT2D eigenvalue weighted by molar-refractivity contribution is 6.02. The summed E-state index contributed by atoms with van der Waals surface area (Å²) in [5, 5.41) is 3.18. The fourth-order valence-electron chi connectivity index (χ4n) is 3.34. The molecule has 0 unspecified atom stereocenters. The minimum absolute atomic E-state index is 0.0326. The summed E-state index contributed by atoms with van der Waals surface area (Å²) >= 11 is 0. The highest BCUT2D eigenvalue weighted by Gasteiger charge is 2.43. The van der Waals surface area contributed by atoms with Gasteiger partial charge in [0.05, 0.1) is 5.56 Å². The number of carbonyl (C=O) groups is 1. The molecule has 1 saturated carbocycles. The molecule has 1 aliphatic carbocycles. The van der Waals surface area contributed by atoms with Crippen LogP contribution in [0.15, 0.2) is 42.5 Å². The van der Waals surface area contributed by atoms with E-state index in [0.717, 1.165) is 18.9 Å². The molecule has 28 heavy (non-hydrogen) atoms. The van der Waals surface area contributed by atoms with E-state index in [1.165, 1.54) is 12.1 Å². The third kappa shape index (κ3) is 3.56. The number of rotatable bonds is 6. The Morgan fingerprint density at radius 1 is 1.00 bits per heavy atom. The van der Waals surface area contributed by atoms with Crippen molar-refractivity contribution in [2.24, 2.45) is 0 Å². The molecule has 0 saturated heterocycles. The summed E-state index contributed by atoms with van der Waals surface area (Å²) in [6.45, 7) is -6.27. The monoisotopic (exact) mass is 396 g/mol. The number of anilines is 1. The van der Waals surface area contributed by atoms with Crippen molar-refractivity contribution in [1.29, 1.82) is 0 Å². The number of nitrogens with one attached hydrogen (secondary N) is 1. The zero-order chi connectivity index (χ0) is 19.8. The lowest BCUT2D eigenvalue weighted by molar-refractivity contribution is -0.0549. The third-order valence-corrected chi connectivity index (χ3v) is 4.62. The van der Waals surface area contributed by atoms with Gasteiger partial charge in [0, 0.05) is 23.4 Å². The van der Waals surface area contributed by atoms with Crippen LogP contribution in [0.2, 0.25) is 0 Å². The SMILES string of the molecule is O=C1c2ccccc2N[C@H](c2ccc(OC(F)F)cc2OC(F)F)N1C1CC1. The first-order chi connectivity index (χ1) is 13.4. The van der Waals surface area contributed by atoms with Crippen molar-refractivity contribution < 1.29 is 31.8 Å². The molecule has 4 rings (SSSR count). The average molecular weight is 396 g/mol. The molecule has 0 radical (unpaired) electrons. The summed E-state index contributed by atoms with van der Waals surface area (Å²) in [5.74, 6) is -0.865. The van der Waals surface area contributed by atoms with Crippen LogP contribution in [-0.4, -0.2) is 30.1 Å². The fraction of sp³-hybridized carbons (Fsp3) is 0.316. The van der Waals surface area contributed by atoms with Crippen LogP contribution < -0.4 is 14.8 Å². The Balaban J connectivity index is 1.76. The van der Waals surface area contributed by atoms with Crippen molar-refractivity contribution >= 4 is 11.6 Å². The second kappa shape index (κ2) is 7.21. The summed E-state index contributed by atoms with van der Waals surface area (Å²) in [4.78, 5) is 14.6. The Labute approximate surface area is 157 Å². The maximum atomic E-state index is 13.0. The largest absolute Gasteiger partial charge is 0.435 e. The third-order valence-electron chi connectivity index (χ3n) is 4.62. The van der Waals surface area contributed by atoms with Gasteiger partial charge in [-0.15, -0.1) is 0 Å². The topological polar surface area (TPSA) is 50.8 Å². The van der Waals surface area contributed by atoms with E-state index >= 15 is 0 Å². The Bertz CT molecular complexity index is 889. The number of carbonyl (C=O) groups excluding carboxylic acids is 1. The maximum absolute atomic E-state index is 13.0. The lowest BCUT2D eigenvalue weighted by Crippen LogP contribution is -2.44. The number of halogens is 4. The van der Waals surface area contributed by atoms with Crippen molar-refractivity contribution in [1.82, 2.24) is 4.90 Å². The lowest BCUT2D eigenvalue weighted by Gasteiger charge is -2.39. The Morgan fingerprint density at radius 3 is 2.39 bits per heavy atom. The second-order valence-corrected chi connectivity index (χ2v) is 6.49. The lowest BCUT2D eigenvalue weighted by atomic mass is 10.0. The molecular formula is C19H16F4N2O3. The summed E-state index contributed by atoms with van der Waals surface area (Å²) in [7, 11) is 0. The average Bonchev–Trinajstić information content (AvgIpc) is 3.46. The van der Waals surface area contributed by atoms with Crippen LogP contribution in [0.3, 0.4) is 0 Å². The molecule has 2 aromatic rings. The van der Waals surface area contributed by atoms with E-state index < -0.39 is 19.4 Å². The van der Waals surface area contributed by atoms with Gasteiger partial charge in [-0.3, -0.25) is 4.79 Å². The van der Waals surface area contributed by atoms with Crippen molar-refractivity contribution in [2.45, 2.75) is 38.3 Å². The number of hydrogen-bond acceptors (Lipinski definition) is 4. The van der Waals surface area contributed by atoms with Gasteiger partial charge in [-0.1, -0.05) is 12.1 Å². The van der Waals surface area contributed by atoms with Gasteiger partial charge in [0.25, 0.3) is 5.91 Å². The first kappa shape index (κ1) is 18.4. The summed E-state index contributed by atoms with van der Waals surface area (Å²) in [6, 6.07) is 10.4. The molecule has 1 aliphatic heterocycles. The first-order valence-corrected chi connectivity index (χ1v) is 8.66. The van der Waals surface area contributed by atoms with E-state index in [2.05, 4.69) is 14.8 Å². The predicted octanol–water partition coefficient (Wildman–Crippen LogP) is 4.62. The predicted molar refractivity (Wildman–Crippen MR) is 91.7 cm³/mol. The van der Waals surface area contributed by atoms with Gasteiger partial charge in [-0.25, -0.2) is 0 Å². The molecule has 0 spiro atoms. The number of amides is 1. The van der Waals surface area contributed by atoms with E-state index in [9.17, 15) is 22.4 Å². The van der Waals surface area contributed by atoms with Gasteiger partial charge >= 0.3 is 13.2 Å². The molecule has 148 valence electrons. The van der Waals surface area contributed by atoms with E-state index in [-0.39, 0.29) is 29.0 Å². The fourth-order valence-corrected chi connectivity index (χ4v) is 3.34. The molecule has 2 aliphatic rings. The Morgan fingerprint density at radius 2 is 1.71 bits per heavy atom. The van der Waals surface area contributed by atoms with Crippen molar-refractivity contribution in [2.75, 3.05) is 5.32 Å². The molecule has 0 aromatic heterocycles. The van der Waals surface area contributed by atoms with Crippen LogP contribution in [0.25, 0.3) is 0 Å². The van der Waals surface area contributed by atoms with E-state index in [4.69, 9.17) is 0 Å². The molecule has 2 aromatic carbocycles. The molecule has 1 N–H and O–H groups in total.